The van der Waals surface area contributed by atoms with Gasteiger partial charge in [-0.05, 0) is 30.0 Å². The molecular weight excluding hydrogens is 552 g/mol. The van der Waals surface area contributed by atoms with Crippen LogP contribution >= 0.6 is 0 Å². The number of benzene rings is 3. The molecule has 3 rings (SSSR count). The largest absolute Gasteiger partial charge is 0.478 e. The quantitative estimate of drug-likeness (QED) is 0.0866. The van der Waals surface area contributed by atoms with Crippen LogP contribution in [0.2, 0.25) is 0 Å². The predicted molar refractivity (Wildman–Crippen MR) is 177 cm³/mol. The summed E-state index contributed by atoms with van der Waals surface area (Å²) in [4.78, 5) is 32.8. The smallest absolute Gasteiger partial charge is 0.332 e. The van der Waals surface area contributed by atoms with Crippen LogP contribution in [-0.4, -0.2) is 36.7 Å². The summed E-state index contributed by atoms with van der Waals surface area (Å²) in [5.74, 6) is -1.67. The minimum Gasteiger partial charge on any atom is -0.478 e. The SMILES string of the molecule is C=C(C(=O)O)C(c1ccccc1)(c1ccccc1)c1ccccc1.C=C(C)C(=O)OC.C=CC(=O)OCCCCCCCC. The van der Waals surface area contributed by atoms with E-state index in [9.17, 15) is 19.5 Å². The van der Waals surface area contributed by atoms with Crippen LogP contribution in [0.5, 0.6) is 0 Å². The van der Waals surface area contributed by atoms with Gasteiger partial charge in [0.1, 0.15) is 0 Å². The van der Waals surface area contributed by atoms with Crippen molar-refractivity contribution in [1.82, 2.24) is 0 Å². The second-order valence-corrected chi connectivity index (χ2v) is 10.0. The second-order valence-electron chi connectivity index (χ2n) is 10.0. The van der Waals surface area contributed by atoms with E-state index >= 15 is 0 Å². The summed E-state index contributed by atoms with van der Waals surface area (Å²) < 4.78 is 9.11. The number of methoxy groups -OCH3 is 1. The topological polar surface area (TPSA) is 89.9 Å². The highest BCUT2D eigenvalue weighted by Gasteiger charge is 2.42. The van der Waals surface area contributed by atoms with E-state index < -0.39 is 11.4 Å². The Kier molecular flexibility index (Phi) is 17.9. The van der Waals surface area contributed by atoms with Gasteiger partial charge in [0.25, 0.3) is 0 Å². The highest BCUT2D eigenvalue weighted by atomic mass is 16.5. The first-order chi connectivity index (χ1) is 21.2. The van der Waals surface area contributed by atoms with Crippen molar-refractivity contribution in [2.45, 2.75) is 57.8 Å². The van der Waals surface area contributed by atoms with Crippen molar-refractivity contribution in [1.29, 1.82) is 0 Å². The number of unbranched alkanes of at least 4 members (excludes halogenated alkanes) is 5. The monoisotopic (exact) mass is 598 g/mol. The molecule has 0 aliphatic carbocycles. The van der Waals surface area contributed by atoms with Gasteiger partial charge in [0.15, 0.2) is 0 Å². The molecule has 6 heteroatoms. The Morgan fingerprint density at radius 2 is 1.16 bits per heavy atom. The Morgan fingerprint density at radius 1 is 0.750 bits per heavy atom. The van der Waals surface area contributed by atoms with Gasteiger partial charge in [0, 0.05) is 17.2 Å². The number of carbonyl (C=O) groups excluding carboxylic acids is 2. The van der Waals surface area contributed by atoms with Crippen LogP contribution in [0.15, 0.2) is 128 Å². The summed E-state index contributed by atoms with van der Waals surface area (Å²) in [6, 6.07) is 29.0. The first-order valence-electron chi connectivity index (χ1n) is 14.8. The lowest BCUT2D eigenvalue weighted by Gasteiger charge is -2.36. The number of hydrogen-bond acceptors (Lipinski definition) is 5. The van der Waals surface area contributed by atoms with Gasteiger partial charge in [0.2, 0.25) is 0 Å². The fourth-order valence-electron chi connectivity index (χ4n) is 4.54. The third-order valence-corrected chi connectivity index (χ3v) is 6.77. The second kappa shape index (κ2) is 21.1. The van der Waals surface area contributed by atoms with Gasteiger partial charge in [-0.15, -0.1) is 0 Å². The lowest BCUT2D eigenvalue weighted by molar-refractivity contribution is -0.138. The van der Waals surface area contributed by atoms with Gasteiger partial charge in [-0.3, -0.25) is 0 Å². The molecule has 0 spiro atoms. The minimum atomic E-state index is -1.01. The maximum absolute atomic E-state index is 12.0. The molecule has 0 fully saturated rings. The molecule has 1 N–H and O–H groups in total. The zero-order valence-electron chi connectivity index (χ0n) is 26.3. The van der Waals surface area contributed by atoms with Crippen molar-refractivity contribution < 1.29 is 29.0 Å². The fraction of sp³-hybridized carbons (Fsp3) is 0.289. The highest BCUT2D eigenvalue weighted by molar-refractivity contribution is 5.92. The summed E-state index contributed by atoms with van der Waals surface area (Å²) in [6.45, 7) is 15.0. The van der Waals surface area contributed by atoms with Crippen molar-refractivity contribution in [2.75, 3.05) is 13.7 Å². The molecule has 0 aliphatic heterocycles. The number of rotatable bonds is 14. The van der Waals surface area contributed by atoms with Crippen LogP contribution in [0.4, 0.5) is 0 Å². The van der Waals surface area contributed by atoms with Gasteiger partial charge in [-0.1, -0.05) is 150 Å². The molecule has 0 amide bonds. The van der Waals surface area contributed by atoms with Crippen molar-refractivity contribution in [3.8, 4) is 0 Å². The Labute approximate surface area is 262 Å². The van der Waals surface area contributed by atoms with Gasteiger partial charge in [0.05, 0.1) is 19.1 Å². The number of carboxylic acids is 1. The Bertz CT molecular complexity index is 1220. The van der Waals surface area contributed by atoms with Crippen molar-refractivity contribution in [3.05, 3.63) is 145 Å². The van der Waals surface area contributed by atoms with Crippen molar-refractivity contribution in [2.24, 2.45) is 0 Å². The molecular formula is C38H46O6. The summed E-state index contributed by atoms with van der Waals surface area (Å²) >= 11 is 0. The lowest BCUT2D eigenvalue weighted by atomic mass is 9.65. The van der Waals surface area contributed by atoms with Crippen LogP contribution in [-0.2, 0) is 29.3 Å². The Hall–Kier alpha value is -4.71. The summed E-state index contributed by atoms with van der Waals surface area (Å²) in [6.07, 6.45) is 8.47. The third kappa shape index (κ3) is 11.9. The molecule has 6 nitrogen and oxygen atoms in total. The zero-order chi connectivity index (χ0) is 32.8. The van der Waals surface area contributed by atoms with Crippen molar-refractivity contribution >= 4 is 17.9 Å². The maximum Gasteiger partial charge on any atom is 0.332 e. The van der Waals surface area contributed by atoms with Crippen molar-refractivity contribution in [3.63, 3.8) is 0 Å². The molecule has 0 heterocycles. The molecule has 44 heavy (non-hydrogen) atoms. The zero-order valence-corrected chi connectivity index (χ0v) is 26.3. The molecule has 0 aromatic heterocycles. The molecule has 0 atom stereocenters. The average molecular weight is 599 g/mol. The summed E-state index contributed by atoms with van der Waals surface area (Å²) in [7, 11) is 1.33. The van der Waals surface area contributed by atoms with Gasteiger partial charge < -0.3 is 14.6 Å². The van der Waals surface area contributed by atoms with Crippen LogP contribution < -0.4 is 0 Å². The first-order valence-corrected chi connectivity index (χ1v) is 14.8. The molecule has 0 unspecified atom stereocenters. The predicted octanol–water partition coefficient (Wildman–Crippen LogP) is 8.47. The average Bonchev–Trinajstić information content (AvgIpc) is 3.06. The molecule has 0 saturated heterocycles. The molecule has 0 aliphatic rings. The number of esters is 2. The van der Waals surface area contributed by atoms with E-state index in [0.29, 0.717) is 12.2 Å². The Balaban J connectivity index is 0.000000407. The standard InChI is InChI=1S/C22H18O2.C11H20O2.C5H8O2/c1-17(21(23)24)22(18-11-5-2-6-12-18,19-13-7-3-8-14-19)20-15-9-4-10-16-20;1-3-5-6-7-8-9-10-13-11(12)4-2;1-4(2)5(6)7-3/h2-16H,1H2,(H,23,24);4H,2-3,5-10H2,1H3;1H2,2-3H3. The van der Waals surface area contributed by atoms with Crippen LogP contribution in [0.25, 0.3) is 0 Å². The number of carboxylic acid groups (broad SMARTS) is 1. The van der Waals surface area contributed by atoms with E-state index in [4.69, 9.17) is 4.74 Å². The fourth-order valence-corrected chi connectivity index (χ4v) is 4.54. The minimum absolute atomic E-state index is 0.131. The number of carbonyl (C=O) groups is 3. The van der Waals surface area contributed by atoms with Gasteiger partial charge in [-0.25, -0.2) is 14.4 Å². The lowest BCUT2D eigenvalue weighted by Crippen LogP contribution is -2.34. The summed E-state index contributed by atoms with van der Waals surface area (Å²) in [5, 5.41) is 9.80. The molecule has 3 aromatic rings. The van der Waals surface area contributed by atoms with Crippen LogP contribution in [0.3, 0.4) is 0 Å². The van der Waals surface area contributed by atoms with E-state index in [1.54, 1.807) is 6.92 Å². The van der Waals surface area contributed by atoms with Gasteiger partial charge >= 0.3 is 17.9 Å². The van der Waals surface area contributed by atoms with Crippen LogP contribution in [0, 0.1) is 0 Å². The molecule has 0 bridgehead atoms. The maximum atomic E-state index is 12.0. The highest BCUT2D eigenvalue weighted by Crippen LogP contribution is 2.44. The van der Waals surface area contributed by atoms with E-state index in [1.165, 1.54) is 38.9 Å². The molecule has 3 aromatic carbocycles. The van der Waals surface area contributed by atoms with E-state index in [2.05, 4.69) is 31.4 Å². The normalized spacial score (nSPS) is 10.1. The Morgan fingerprint density at radius 3 is 1.48 bits per heavy atom. The summed E-state index contributed by atoms with van der Waals surface area (Å²) in [5.41, 5.74) is 2.28. The number of hydrogen-bond donors (Lipinski definition) is 1. The van der Waals surface area contributed by atoms with E-state index in [1.807, 2.05) is 91.0 Å². The third-order valence-electron chi connectivity index (χ3n) is 6.77. The van der Waals surface area contributed by atoms with E-state index in [0.717, 1.165) is 29.5 Å². The van der Waals surface area contributed by atoms with Crippen LogP contribution in [0.1, 0.15) is 69.1 Å². The number of ether oxygens (including phenoxy) is 2. The molecule has 0 radical (unpaired) electrons. The van der Waals surface area contributed by atoms with Gasteiger partial charge in [-0.2, -0.15) is 0 Å². The molecule has 0 saturated carbocycles. The number of aliphatic carboxylic acids is 1. The first kappa shape index (κ1) is 37.3. The molecule has 234 valence electrons. The van der Waals surface area contributed by atoms with E-state index in [-0.39, 0.29) is 17.5 Å².